The Kier molecular flexibility index (Phi) is 7.99. The van der Waals surface area contributed by atoms with Crippen molar-refractivity contribution in [2.75, 3.05) is 26.0 Å². The van der Waals surface area contributed by atoms with Crippen LogP contribution < -0.4 is 10.1 Å². The number of hydrogen-bond donors (Lipinski definition) is 3. The number of ether oxygens (including phenoxy) is 1. The lowest BCUT2D eigenvalue weighted by molar-refractivity contribution is 0.103. The van der Waals surface area contributed by atoms with Crippen molar-refractivity contribution < 1.29 is 14.9 Å². The summed E-state index contributed by atoms with van der Waals surface area (Å²) in [6.45, 7) is 4.84. The van der Waals surface area contributed by atoms with Gasteiger partial charge in [0.05, 0.1) is 6.61 Å². The molecule has 3 atom stereocenters. The molecule has 5 heteroatoms. The number of nitrogens with one attached hydrogen (secondary N) is 1. The standard InChI is InChI=1S/C15H25NO3S/c1-11-5-4-6-14(7-11)19-10-13(18)8-16-12(2)15(9-17)20-3/h4-7,12-13,15-18H,8-10H2,1-3H3. The summed E-state index contributed by atoms with van der Waals surface area (Å²) >= 11 is 1.62. The summed E-state index contributed by atoms with van der Waals surface area (Å²) in [4.78, 5) is 0. The Bertz CT molecular complexity index is 385. The van der Waals surface area contributed by atoms with Gasteiger partial charge in [-0.25, -0.2) is 0 Å². The Morgan fingerprint density at radius 3 is 2.75 bits per heavy atom. The summed E-state index contributed by atoms with van der Waals surface area (Å²) in [6.07, 6.45) is 1.40. The number of benzene rings is 1. The Hall–Kier alpha value is -0.750. The van der Waals surface area contributed by atoms with E-state index < -0.39 is 6.10 Å². The zero-order chi connectivity index (χ0) is 15.0. The molecule has 1 aromatic rings. The minimum atomic E-state index is -0.570. The summed E-state index contributed by atoms with van der Waals surface area (Å²) in [5.74, 6) is 0.773. The summed E-state index contributed by atoms with van der Waals surface area (Å²) in [5, 5.41) is 22.5. The van der Waals surface area contributed by atoms with E-state index >= 15 is 0 Å². The molecule has 1 rings (SSSR count). The summed E-state index contributed by atoms with van der Waals surface area (Å²) in [5.41, 5.74) is 1.13. The highest BCUT2D eigenvalue weighted by Crippen LogP contribution is 2.13. The van der Waals surface area contributed by atoms with Gasteiger partial charge in [0.15, 0.2) is 0 Å². The molecule has 0 aliphatic rings. The van der Waals surface area contributed by atoms with Crippen LogP contribution in [0.5, 0.6) is 5.75 Å². The quantitative estimate of drug-likeness (QED) is 0.644. The molecule has 114 valence electrons. The van der Waals surface area contributed by atoms with Crippen LogP contribution in [0.1, 0.15) is 12.5 Å². The Morgan fingerprint density at radius 2 is 2.15 bits per heavy atom. The second-order valence-corrected chi connectivity index (χ2v) is 6.01. The third-order valence-corrected chi connectivity index (χ3v) is 4.31. The molecule has 1 aromatic carbocycles. The smallest absolute Gasteiger partial charge is 0.119 e. The second-order valence-electron chi connectivity index (χ2n) is 4.93. The third-order valence-electron chi connectivity index (χ3n) is 3.15. The van der Waals surface area contributed by atoms with Crippen LogP contribution >= 0.6 is 11.8 Å². The lowest BCUT2D eigenvalue weighted by atomic mass is 10.2. The number of aliphatic hydroxyl groups is 2. The van der Waals surface area contributed by atoms with Crippen LogP contribution in [0.25, 0.3) is 0 Å². The van der Waals surface area contributed by atoms with Gasteiger partial charge in [-0.2, -0.15) is 11.8 Å². The van der Waals surface area contributed by atoms with Crippen molar-refractivity contribution in [3.8, 4) is 5.75 Å². The fourth-order valence-electron chi connectivity index (χ4n) is 1.85. The molecule has 0 saturated heterocycles. The van der Waals surface area contributed by atoms with E-state index in [0.717, 1.165) is 11.3 Å². The lowest BCUT2D eigenvalue weighted by Crippen LogP contribution is -2.42. The fourth-order valence-corrected chi connectivity index (χ4v) is 2.50. The summed E-state index contributed by atoms with van der Waals surface area (Å²) in [6, 6.07) is 7.90. The maximum Gasteiger partial charge on any atom is 0.119 e. The van der Waals surface area contributed by atoms with Crippen LogP contribution in [-0.2, 0) is 0 Å². The molecule has 0 amide bonds. The van der Waals surface area contributed by atoms with Gasteiger partial charge in [0, 0.05) is 17.8 Å². The van der Waals surface area contributed by atoms with Gasteiger partial charge in [-0.1, -0.05) is 12.1 Å². The second kappa shape index (κ2) is 9.23. The molecule has 0 saturated carbocycles. The largest absolute Gasteiger partial charge is 0.491 e. The van der Waals surface area contributed by atoms with E-state index in [-0.39, 0.29) is 24.5 Å². The highest BCUT2D eigenvalue weighted by molar-refractivity contribution is 7.99. The minimum Gasteiger partial charge on any atom is -0.491 e. The SMILES string of the molecule is CSC(CO)C(C)NCC(O)COc1cccc(C)c1. The van der Waals surface area contributed by atoms with Crippen LogP contribution in [0.4, 0.5) is 0 Å². The maximum absolute atomic E-state index is 9.90. The van der Waals surface area contributed by atoms with Crippen molar-refractivity contribution in [3.63, 3.8) is 0 Å². The van der Waals surface area contributed by atoms with E-state index in [1.165, 1.54) is 0 Å². The predicted molar refractivity (Wildman–Crippen MR) is 84.5 cm³/mol. The topological polar surface area (TPSA) is 61.7 Å². The van der Waals surface area contributed by atoms with E-state index in [1.54, 1.807) is 11.8 Å². The predicted octanol–water partition coefficient (Wildman–Crippen LogP) is 1.44. The van der Waals surface area contributed by atoms with Gasteiger partial charge in [-0.3, -0.25) is 0 Å². The number of aliphatic hydroxyl groups excluding tert-OH is 2. The first-order chi connectivity index (χ1) is 9.56. The van der Waals surface area contributed by atoms with Gasteiger partial charge < -0.3 is 20.3 Å². The van der Waals surface area contributed by atoms with Crippen LogP contribution in [0.2, 0.25) is 0 Å². The van der Waals surface area contributed by atoms with E-state index in [0.29, 0.717) is 6.54 Å². The molecular formula is C15H25NO3S. The summed E-state index contributed by atoms with van der Waals surface area (Å²) in [7, 11) is 0. The molecule has 3 unspecified atom stereocenters. The van der Waals surface area contributed by atoms with Crippen molar-refractivity contribution in [1.82, 2.24) is 5.32 Å². The first-order valence-corrected chi connectivity index (χ1v) is 8.10. The van der Waals surface area contributed by atoms with Crippen molar-refractivity contribution >= 4 is 11.8 Å². The molecular weight excluding hydrogens is 274 g/mol. The van der Waals surface area contributed by atoms with Crippen molar-refractivity contribution in [2.24, 2.45) is 0 Å². The first kappa shape index (κ1) is 17.3. The average molecular weight is 299 g/mol. The number of rotatable bonds is 9. The van der Waals surface area contributed by atoms with Crippen LogP contribution in [-0.4, -0.2) is 53.6 Å². The highest BCUT2D eigenvalue weighted by Gasteiger charge is 2.16. The number of thioether (sulfide) groups is 1. The molecule has 3 N–H and O–H groups in total. The van der Waals surface area contributed by atoms with E-state index in [1.807, 2.05) is 44.4 Å². The van der Waals surface area contributed by atoms with Gasteiger partial charge in [-0.15, -0.1) is 0 Å². The van der Waals surface area contributed by atoms with E-state index in [9.17, 15) is 10.2 Å². The van der Waals surface area contributed by atoms with Crippen LogP contribution in [0, 0.1) is 6.92 Å². The maximum atomic E-state index is 9.90. The molecule has 0 bridgehead atoms. The lowest BCUT2D eigenvalue weighted by Gasteiger charge is -2.23. The Balaban J connectivity index is 2.28. The van der Waals surface area contributed by atoms with Crippen molar-refractivity contribution in [3.05, 3.63) is 29.8 Å². The van der Waals surface area contributed by atoms with Crippen molar-refractivity contribution in [1.29, 1.82) is 0 Å². The summed E-state index contributed by atoms with van der Waals surface area (Å²) < 4.78 is 5.55. The van der Waals surface area contributed by atoms with Gasteiger partial charge in [0.2, 0.25) is 0 Å². The zero-order valence-electron chi connectivity index (χ0n) is 12.4. The normalized spacial score (nSPS) is 15.7. The van der Waals surface area contributed by atoms with Gasteiger partial charge in [0.25, 0.3) is 0 Å². The molecule has 0 radical (unpaired) electrons. The van der Waals surface area contributed by atoms with E-state index in [2.05, 4.69) is 5.32 Å². The Morgan fingerprint density at radius 1 is 1.40 bits per heavy atom. The molecule has 0 aliphatic heterocycles. The number of hydrogen-bond acceptors (Lipinski definition) is 5. The molecule has 0 heterocycles. The molecule has 20 heavy (non-hydrogen) atoms. The average Bonchev–Trinajstić information content (AvgIpc) is 2.44. The first-order valence-electron chi connectivity index (χ1n) is 6.81. The third kappa shape index (κ3) is 6.13. The van der Waals surface area contributed by atoms with Gasteiger partial charge in [0.1, 0.15) is 18.5 Å². The molecule has 0 spiro atoms. The van der Waals surface area contributed by atoms with Crippen molar-refractivity contribution in [2.45, 2.75) is 31.2 Å². The molecule has 0 aromatic heterocycles. The zero-order valence-corrected chi connectivity index (χ0v) is 13.2. The van der Waals surface area contributed by atoms with Crippen LogP contribution in [0.3, 0.4) is 0 Å². The molecule has 0 fully saturated rings. The fraction of sp³-hybridized carbons (Fsp3) is 0.600. The molecule has 0 aliphatic carbocycles. The Labute approximate surface area is 125 Å². The van der Waals surface area contributed by atoms with E-state index in [4.69, 9.17) is 4.74 Å². The van der Waals surface area contributed by atoms with Gasteiger partial charge in [-0.05, 0) is 37.8 Å². The van der Waals surface area contributed by atoms with Gasteiger partial charge >= 0.3 is 0 Å². The number of aryl methyl sites for hydroxylation is 1. The highest BCUT2D eigenvalue weighted by atomic mass is 32.2. The van der Waals surface area contributed by atoms with Crippen LogP contribution in [0.15, 0.2) is 24.3 Å². The molecule has 4 nitrogen and oxygen atoms in total. The monoisotopic (exact) mass is 299 g/mol. The minimum absolute atomic E-state index is 0.130.